The van der Waals surface area contributed by atoms with Crippen LogP contribution in [0.1, 0.15) is 26.7 Å². The van der Waals surface area contributed by atoms with Gasteiger partial charge in [-0.1, -0.05) is 0 Å². The van der Waals surface area contributed by atoms with Gasteiger partial charge in [0.15, 0.2) is 0 Å². The van der Waals surface area contributed by atoms with Crippen molar-refractivity contribution in [2.75, 3.05) is 32.1 Å². The molecular weight excluding hydrogens is 354 g/mol. The highest BCUT2D eigenvalue weighted by atomic mass is 16.6. The van der Waals surface area contributed by atoms with Gasteiger partial charge in [-0.05, 0) is 45.8 Å². The number of nitro benzene ring substituents is 1. The van der Waals surface area contributed by atoms with Gasteiger partial charge in [-0.25, -0.2) is 0 Å². The number of esters is 1. The Labute approximate surface area is 157 Å². The van der Waals surface area contributed by atoms with Crippen LogP contribution >= 0.6 is 0 Å². The number of piperidine rings is 1. The molecule has 1 saturated heterocycles. The van der Waals surface area contributed by atoms with E-state index in [0.717, 1.165) is 0 Å². The molecule has 27 heavy (non-hydrogen) atoms. The minimum atomic E-state index is -0.523. The maximum absolute atomic E-state index is 12.6. The minimum Gasteiger partial charge on any atom is -0.494 e. The topological polar surface area (TPSA) is 111 Å². The van der Waals surface area contributed by atoms with Gasteiger partial charge in [0, 0.05) is 6.07 Å². The Morgan fingerprint density at radius 1 is 1.37 bits per heavy atom. The summed E-state index contributed by atoms with van der Waals surface area (Å²) in [6.45, 7) is 5.18. The van der Waals surface area contributed by atoms with Crippen LogP contribution in [0.4, 0.5) is 11.4 Å². The summed E-state index contributed by atoms with van der Waals surface area (Å²) in [6, 6.07) is 3.63. The molecule has 1 aromatic carbocycles. The number of hydrogen-bond donors (Lipinski definition) is 1. The van der Waals surface area contributed by atoms with E-state index in [1.165, 1.54) is 25.3 Å². The number of nitrogens with one attached hydrogen (secondary N) is 1. The van der Waals surface area contributed by atoms with E-state index in [0.29, 0.717) is 38.2 Å². The second-order valence-electron chi connectivity index (χ2n) is 6.37. The van der Waals surface area contributed by atoms with Crippen molar-refractivity contribution in [2.24, 2.45) is 5.92 Å². The van der Waals surface area contributed by atoms with Gasteiger partial charge in [-0.2, -0.15) is 0 Å². The average Bonchev–Trinajstić information content (AvgIpc) is 2.67. The molecule has 1 aliphatic rings. The molecule has 1 aromatic rings. The lowest BCUT2D eigenvalue weighted by Crippen LogP contribution is -2.47. The number of amides is 1. The number of anilines is 1. The molecule has 1 aliphatic heterocycles. The molecule has 0 saturated carbocycles. The molecule has 0 aromatic heterocycles. The van der Waals surface area contributed by atoms with Gasteiger partial charge in [0.05, 0.1) is 42.4 Å². The Hall–Kier alpha value is -2.68. The van der Waals surface area contributed by atoms with E-state index >= 15 is 0 Å². The maximum Gasteiger partial charge on any atom is 0.309 e. The first-order valence-electron chi connectivity index (χ1n) is 8.91. The van der Waals surface area contributed by atoms with Crippen molar-refractivity contribution in [1.82, 2.24) is 4.90 Å². The SMILES string of the molecule is CCOC(=O)C1CCN([C@H](C)C(=O)Nc2ccc([N+](=O)[O-])cc2OC)CC1. The Kier molecular flexibility index (Phi) is 7.12. The molecule has 0 spiro atoms. The molecule has 0 unspecified atom stereocenters. The molecule has 0 radical (unpaired) electrons. The van der Waals surface area contributed by atoms with Crippen LogP contribution in [0.15, 0.2) is 18.2 Å². The van der Waals surface area contributed by atoms with Gasteiger partial charge in [-0.15, -0.1) is 0 Å². The quantitative estimate of drug-likeness (QED) is 0.439. The predicted molar refractivity (Wildman–Crippen MR) is 98.7 cm³/mol. The van der Waals surface area contributed by atoms with Crippen LogP contribution in [0.3, 0.4) is 0 Å². The van der Waals surface area contributed by atoms with Crippen molar-refractivity contribution < 1.29 is 24.0 Å². The van der Waals surface area contributed by atoms with E-state index in [2.05, 4.69) is 5.32 Å². The summed E-state index contributed by atoms with van der Waals surface area (Å²) in [5, 5.41) is 13.6. The molecule has 1 fully saturated rings. The Balaban J connectivity index is 1.96. The third-order valence-electron chi connectivity index (χ3n) is 4.73. The zero-order valence-corrected chi connectivity index (χ0v) is 15.8. The maximum atomic E-state index is 12.6. The van der Waals surface area contributed by atoms with Crippen molar-refractivity contribution in [3.63, 3.8) is 0 Å². The van der Waals surface area contributed by atoms with Crippen LogP contribution in [0.25, 0.3) is 0 Å². The molecular formula is C18H25N3O6. The average molecular weight is 379 g/mol. The summed E-state index contributed by atoms with van der Waals surface area (Å²) < 4.78 is 10.2. The van der Waals surface area contributed by atoms with Crippen LogP contribution < -0.4 is 10.1 Å². The number of rotatable bonds is 7. The zero-order valence-electron chi connectivity index (χ0n) is 15.8. The first-order valence-corrected chi connectivity index (χ1v) is 8.91. The number of benzene rings is 1. The van der Waals surface area contributed by atoms with Crippen LogP contribution in [0.2, 0.25) is 0 Å². The molecule has 2 rings (SSSR count). The highest BCUT2D eigenvalue weighted by Gasteiger charge is 2.30. The summed E-state index contributed by atoms with van der Waals surface area (Å²) in [7, 11) is 1.39. The number of non-ortho nitro benzene ring substituents is 1. The van der Waals surface area contributed by atoms with E-state index in [1.807, 2.05) is 4.90 Å². The largest absolute Gasteiger partial charge is 0.494 e. The summed E-state index contributed by atoms with van der Waals surface area (Å²) >= 11 is 0. The van der Waals surface area contributed by atoms with E-state index < -0.39 is 11.0 Å². The van der Waals surface area contributed by atoms with Gasteiger partial charge in [0.2, 0.25) is 5.91 Å². The lowest BCUT2D eigenvalue weighted by molar-refractivity contribution is -0.384. The smallest absolute Gasteiger partial charge is 0.309 e. The van der Waals surface area contributed by atoms with Crippen molar-refractivity contribution in [3.05, 3.63) is 28.3 Å². The zero-order chi connectivity index (χ0) is 20.0. The third kappa shape index (κ3) is 5.16. The number of nitro groups is 1. The fraction of sp³-hybridized carbons (Fsp3) is 0.556. The van der Waals surface area contributed by atoms with E-state index in [-0.39, 0.29) is 29.2 Å². The number of methoxy groups -OCH3 is 1. The van der Waals surface area contributed by atoms with Crippen molar-refractivity contribution >= 4 is 23.3 Å². The van der Waals surface area contributed by atoms with Gasteiger partial charge in [0.1, 0.15) is 5.75 Å². The van der Waals surface area contributed by atoms with Gasteiger partial charge >= 0.3 is 5.97 Å². The fourth-order valence-corrected chi connectivity index (χ4v) is 3.08. The standard InChI is InChI=1S/C18H25N3O6/c1-4-27-18(23)13-7-9-20(10-8-13)12(2)17(22)19-15-6-5-14(21(24)25)11-16(15)26-3/h5-6,11-13H,4,7-10H2,1-3H3,(H,19,22)/t12-/m1/s1. The molecule has 0 bridgehead atoms. The molecule has 9 nitrogen and oxygen atoms in total. The van der Waals surface area contributed by atoms with E-state index in [4.69, 9.17) is 9.47 Å². The molecule has 148 valence electrons. The van der Waals surface area contributed by atoms with Gasteiger partial charge in [0.25, 0.3) is 5.69 Å². The van der Waals surface area contributed by atoms with Crippen LogP contribution in [-0.4, -0.2) is 54.5 Å². The number of nitrogens with zero attached hydrogens (tertiary/aromatic N) is 2. The summed E-state index contributed by atoms with van der Waals surface area (Å²) in [4.78, 5) is 36.7. The van der Waals surface area contributed by atoms with Gasteiger partial charge < -0.3 is 14.8 Å². The fourth-order valence-electron chi connectivity index (χ4n) is 3.08. The number of likely N-dealkylation sites (tertiary alicyclic amines) is 1. The Morgan fingerprint density at radius 2 is 2.04 bits per heavy atom. The number of hydrogen-bond acceptors (Lipinski definition) is 7. The molecule has 9 heteroatoms. The monoisotopic (exact) mass is 379 g/mol. The summed E-state index contributed by atoms with van der Waals surface area (Å²) in [5.41, 5.74) is 0.264. The second kappa shape index (κ2) is 9.31. The lowest BCUT2D eigenvalue weighted by Gasteiger charge is -2.34. The summed E-state index contributed by atoms with van der Waals surface area (Å²) in [6.07, 6.45) is 1.30. The molecule has 1 N–H and O–H groups in total. The number of carbonyl (C=O) groups is 2. The lowest BCUT2D eigenvalue weighted by atomic mass is 9.96. The number of ether oxygens (including phenoxy) is 2. The van der Waals surface area contributed by atoms with Gasteiger partial charge in [-0.3, -0.25) is 24.6 Å². The molecule has 1 amide bonds. The van der Waals surface area contributed by atoms with Crippen LogP contribution in [0.5, 0.6) is 5.75 Å². The number of carbonyl (C=O) groups excluding carboxylic acids is 2. The van der Waals surface area contributed by atoms with E-state index in [1.54, 1.807) is 13.8 Å². The van der Waals surface area contributed by atoms with E-state index in [9.17, 15) is 19.7 Å². The first-order chi connectivity index (χ1) is 12.9. The molecule has 1 heterocycles. The third-order valence-corrected chi connectivity index (χ3v) is 4.73. The Bertz CT molecular complexity index is 700. The molecule has 1 atom stereocenters. The van der Waals surface area contributed by atoms with Crippen LogP contribution in [0, 0.1) is 16.0 Å². The highest BCUT2D eigenvalue weighted by Crippen LogP contribution is 2.29. The molecule has 0 aliphatic carbocycles. The van der Waals surface area contributed by atoms with Crippen LogP contribution in [-0.2, 0) is 14.3 Å². The normalized spacial score (nSPS) is 16.4. The van der Waals surface area contributed by atoms with Crippen molar-refractivity contribution in [3.8, 4) is 5.75 Å². The Morgan fingerprint density at radius 3 is 2.59 bits per heavy atom. The predicted octanol–water partition coefficient (Wildman–Crippen LogP) is 2.21. The van der Waals surface area contributed by atoms with Crippen molar-refractivity contribution in [1.29, 1.82) is 0 Å². The highest BCUT2D eigenvalue weighted by molar-refractivity contribution is 5.96. The van der Waals surface area contributed by atoms with Crippen molar-refractivity contribution in [2.45, 2.75) is 32.7 Å². The second-order valence-corrected chi connectivity index (χ2v) is 6.37. The minimum absolute atomic E-state index is 0.112. The first kappa shape index (κ1) is 20.6. The summed E-state index contributed by atoms with van der Waals surface area (Å²) in [5.74, 6) is -0.307.